The van der Waals surface area contributed by atoms with Gasteiger partial charge in [0.05, 0.1) is 0 Å². The molecule has 0 unspecified atom stereocenters. The first-order chi connectivity index (χ1) is 3.33. The van der Waals surface area contributed by atoms with Crippen LogP contribution in [0.25, 0.3) is 23.8 Å². The predicted octanol–water partition coefficient (Wildman–Crippen LogP) is 3.90. The molecule has 0 aliphatic rings. The van der Waals surface area contributed by atoms with Crippen LogP contribution in [0.4, 0.5) is 0 Å². The molecule has 0 aromatic rings. The monoisotopic (exact) mass is 219 g/mol. The summed E-state index contributed by atoms with van der Waals surface area (Å²) in [6.45, 7) is 0.472. The Morgan fingerprint density at radius 3 is 1.11 bits per heavy atom. The van der Waals surface area contributed by atoms with Crippen molar-refractivity contribution in [3.05, 3.63) is 23.8 Å². The summed E-state index contributed by atoms with van der Waals surface area (Å²) in [5.41, 5.74) is 12.5. The molecule has 0 saturated heterocycles. The summed E-state index contributed by atoms with van der Waals surface area (Å²) in [4.78, 5) is 0. The summed E-state index contributed by atoms with van der Waals surface area (Å²) in [6.07, 6.45) is 0. The van der Waals surface area contributed by atoms with E-state index in [0.717, 1.165) is 0 Å². The van der Waals surface area contributed by atoms with Crippen LogP contribution >= 0.6 is 20.3 Å². The van der Waals surface area contributed by atoms with Crippen LogP contribution in [0.3, 0.4) is 0 Å². The van der Waals surface area contributed by atoms with Gasteiger partial charge in [-0.1, -0.05) is 0 Å². The molecule has 0 aliphatic heterocycles. The van der Waals surface area contributed by atoms with Crippen LogP contribution < -0.4 is 0 Å². The Kier molecular flexibility index (Phi) is 91.0. The van der Waals surface area contributed by atoms with Gasteiger partial charge in [0, 0.05) is 0 Å². The van der Waals surface area contributed by atoms with Crippen molar-refractivity contribution in [2.24, 2.45) is 0 Å². The van der Waals surface area contributed by atoms with E-state index < -0.39 is 0 Å². The van der Waals surface area contributed by atoms with Crippen molar-refractivity contribution in [1.29, 1.82) is 0 Å². The zero-order valence-corrected chi connectivity index (χ0v) is 7.21. The maximum atomic E-state index is 6.26. The molecule has 0 amide bonds. The number of nitrogens with two attached hydrogens (primary N) is 2. The Hall–Kier alpha value is 0.926. The van der Waals surface area contributed by atoms with Gasteiger partial charge in [0.25, 0.3) is 0 Å². The molecule has 0 aromatic heterocycles. The second-order valence-corrected chi connectivity index (χ2v) is 2.27. The van der Waals surface area contributed by atoms with E-state index in [9.17, 15) is 0 Å². The number of hydrogen-bond acceptors (Lipinski definition) is 0. The molecule has 0 bridgehead atoms. The summed E-state index contributed by atoms with van der Waals surface area (Å²) < 4.78 is 0. The van der Waals surface area contributed by atoms with Gasteiger partial charge in [-0.2, -0.15) is 13.1 Å². The zero-order chi connectivity index (χ0) is 6.12. The van der Waals surface area contributed by atoms with Gasteiger partial charge < -0.3 is 23.8 Å². The molecule has 9 heavy (non-hydrogen) atoms. The number of halogens is 2. The molecule has 0 saturated carbocycles. The summed E-state index contributed by atoms with van der Waals surface area (Å²) >= 11 is 0.382. The van der Waals surface area contributed by atoms with Crippen molar-refractivity contribution >= 4 is 20.3 Å². The van der Waals surface area contributed by atoms with Crippen molar-refractivity contribution in [3.8, 4) is 0 Å². The maximum absolute atomic E-state index is 6.26. The third kappa shape index (κ3) is 115. The smallest absolute Gasteiger partial charge is 0.171 e. The zero-order valence-electron chi connectivity index (χ0n) is 4.66. The molecule has 0 rings (SSSR count). The topological polar surface area (TPSA) is 115 Å². The Morgan fingerprint density at radius 1 is 1.00 bits per heavy atom. The van der Waals surface area contributed by atoms with E-state index in [2.05, 4.69) is 0 Å². The van der Waals surface area contributed by atoms with Crippen molar-refractivity contribution < 1.29 is 12.9 Å². The molecule has 0 fully saturated rings. The van der Waals surface area contributed by atoms with E-state index in [0.29, 0.717) is 12.9 Å². The third-order valence-electron chi connectivity index (χ3n) is 0.125. The average Bonchev–Trinajstić information content (AvgIpc) is 1.69. The first-order valence-corrected chi connectivity index (χ1v) is 4.32. The summed E-state index contributed by atoms with van der Waals surface area (Å²) in [5.74, 6) is 0. The number of rotatable bonds is 1. The molecule has 6 N–H and O–H groups in total. The minimum absolute atomic E-state index is 0. The van der Waals surface area contributed by atoms with E-state index in [4.69, 9.17) is 31.8 Å². The molecule has 0 radical (unpaired) electrons. The molecule has 0 atom stereocenters. The molecule has 7 heteroatoms. The van der Waals surface area contributed by atoms with Crippen LogP contribution in [0.5, 0.6) is 0 Å². The van der Waals surface area contributed by atoms with Crippen LogP contribution in [0.1, 0.15) is 0 Å². The fourth-order valence-electron chi connectivity index (χ4n) is 0. The second-order valence-electron chi connectivity index (χ2n) is 0.548. The number of hydrogen-bond donors (Lipinski definition) is 0. The Labute approximate surface area is 70.3 Å². The molecule has 0 spiro atoms. The van der Waals surface area contributed by atoms with E-state index >= 15 is 0 Å². The fraction of sp³-hybridized carbons (Fsp3) is 1.00. The van der Waals surface area contributed by atoms with Gasteiger partial charge >= 0.3 is 33.2 Å². The van der Waals surface area contributed by atoms with E-state index in [-0.39, 0.29) is 25.4 Å². The molecule has 64 valence electrons. The van der Waals surface area contributed by atoms with E-state index in [1.54, 1.807) is 0 Å². The van der Waals surface area contributed by atoms with E-state index in [1.807, 2.05) is 0 Å². The average molecular weight is 220 g/mol. The quantitative estimate of drug-likeness (QED) is 0.637. The fourth-order valence-corrected chi connectivity index (χ4v) is 0. The standard InChI is InChI=1S/C2H6N2.2ClH.Co.2H2N/c3-1-2-4;;;;;/h3-4H,1-2H2;2*1H;;2*1H2/q-2;;;+3;2*-1/p-2. The van der Waals surface area contributed by atoms with Gasteiger partial charge in [0.2, 0.25) is 0 Å². The minimum atomic E-state index is 0. The summed E-state index contributed by atoms with van der Waals surface area (Å²) in [5, 5.41) is 0. The van der Waals surface area contributed by atoms with Gasteiger partial charge in [-0.15, -0.1) is 0 Å². The van der Waals surface area contributed by atoms with Crippen LogP contribution in [0.15, 0.2) is 0 Å². The normalized spacial score (nSPS) is 5.78. The summed E-state index contributed by atoms with van der Waals surface area (Å²) in [6, 6.07) is 0. The predicted molar refractivity (Wildman–Crippen MR) is 40.7 cm³/mol. The molecule has 0 aliphatic carbocycles. The molecular weight excluding hydrogens is 210 g/mol. The van der Waals surface area contributed by atoms with Crippen LogP contribution in [-0.4, -0.2) is 13.1 Å². The first kappa shape index (κ1) is 22.5. The van der Waals surface area contributed by atoms with Gasteiger partial charge in [0.1, 0.15) is 0 Å². The van der Waals surface area contributed by atoms with Gasteiger partial charge in [0.15, 0.2) is 0 Å². The third-order valence-corrected chi connectivity index (χ3v) is 0.125. The van der Waals surface area contributed by atoms with Crippen molar-refractivity contribution in [2.75, 3.05) is 13.1 Å². The minimum Gasteiger partial charge on any atom is -0.693 e. The van der Waals surface area contributed by atoms with Crippen molar-refractivity contribution in [2.45, 2.75) is 0 Å². The molecular formula is C2H10Cl2CoN4-3. The van der Waals surface area contributed by atoms with Crippen LogP contribution in [-0.2, 0) is 12.9 Å². The molecule has 4 nitrogen and oxygen atoms in total. The van der Waals surface area contributed by atoms with Crippen LogP contribution in [0.2, 0.25) is 0 Å². The van der Waals surface area contributed by atoms with Crippen molar-refractivity contribution in [1.82, 2.24) is 0 Å². The Bertz CT molecular complexity index is 24.0. The van der Waals surface area contributed by atoms with Crippen LogP contribution in [0, 0.1) is 0 Å². The maximum Gasteiger partial charge on any atom is -0.171 e. The molecule has 0 aromatic carbocycles. The largest absolute Gasteiger partial charge is 0.693 e. The second kappa shape index (κ2) is 36.4. The Balaban J connectivity index is -0.0000000233. The van der Waals surface area contributed by atoms with Crippen molar-refractivity contribution in [3.63, 3.8) is 0 Å². The van der Waals surface area contributed by atoms with Gasteiger partial charge in [-0.05, 0) is 0 Å². The Morgan fingerprint density at radius 2 is 1.11 bits per heavy atom. The molecule has 0 heterocycles. The first-order valence-electron chi connectivity index (χ1n) is 1.46. The number of nitrogens with one attached hydrogen (secondary N) is 2. The SMILES string of the molecule is [Cl][Co+][Cl].[NH-]CC[NH-].[NH2-].[NH2-]. The van der Waals surface area contributed by atoms with E-state index in [1.165, 1.54) is 0 Å². The van der Waals surface area contributed by atoms with Gasteiger partial charge in [-0.3, -0.25) is 0 Å². The summed E-state index contributed by atoms with van der Waals surface area (Å²) in [7, 11) is 9.47. The van der Waals surface area contributed by atoms with Gasteiger partial charge in [-0.25, -0.2) is 0 Å².